The van der Waals surface area contributed by atoms with Crippen molar-refractivity contribution >= 4 is 23.2 Å². The van der Waals surface area contributed by atoms with Crippen molar-refractivity contribution in [1.29, 1.82) is 0 Å². The fourth-order valence-electron chi connectivity index (χ4n) is 1.72. The number of nitrogens with zero attached hydrogens (tertiary/aromatic N) is 1. The molecule has 1 N–H and O–H groups in total. The molecule has 0 amide bonds. The second kappa shape index (κ2) is 7.34. The molecule has 0 fully saturated rings. The van der Waals surface area contributed by atoms with E-state index < -0.39 is 0 Å². The fraction of sp³-hybridized carbons (Fsp3) is 0.571. The molecular formula is C14H22Cl2N2. The largest absolute Gasteiger partial charge is 0.308 e. The van der Waals surface area contributed by atoms with E-state index >= 15 is 0 Å². The highest BCUT2D eigenvalue weighted by Crippen LogP contribution is 2.26. The van der Waals surface area contributed by atoms with Crippen LogP contribution in [0.3, 0.4) is 0 Å². The maximum absolute atomic E-state index is 6.06. The Hall–Kier alpha value is -0.280. The molecule has 0 spiro atoms. The van der Waals surface area contributed by atoms with E-state index in [2.05, 4.69) is 38.2 Å². The molecule has 1 aromatic carbocycles. The molecule has 0 heterocycles. The molecule has 2 atom stereocenters. The van der Waals surface area contributed by atoms with Crippen molar-refractivity contribution in [3.63, 3.8) is 0 Å². The highest BCUT2D eigenvalue weighted by molar-refractivity contribution is 6.42. The second-order valence-electron chi connectivity index (χ2n) is 4.86. The maximum Gasteiger partial charge on any atom is 0.0595 e. The Kier molecular flexibility index (Phi) is 6.44. The van der Waals surface area contributed by atoms with Crippen LogP contribution in [0.1, 0.15) is 31.9 Å². The summed E-state index contributed by atoms with van der Waals surface area (Å²) in [6.07, 6.45) is 1.03. The molecule has 0 saturated carbocycles. The number of hydrogen-bond donors (Lipinski definition) is 1. The Morgan fingerprint density at radius 1 is 1.22 bits per heavy atom. The molecule has 1 rings (SSSR count). The molecule has 1 aromatic rings. The van der Waals surface area contributed by atoms with Gasteiger partial charge in [-0.15, -0.1) is 0 Å². The summed E-state index contributed by atoms with van der Waals surface area (Å²) in [6, 6.07) is 6.67. The predicted molar refractivity (Wildman–Crippen MR) is 80.6 cm³/mol. The van der Waals surface area contributed by atoms with Crippen molar-refractivity contribution in [1.82, 2.24) is 10.2 Å². The van der Waals surface area contributed by atoms with Gasteiger partial charge in [-0.2, -0.15) is 0 Å². The van der Waals surface area contributed by atoms with Crippen LogP contribution in [0.4, 0.5) is 0 Å². The van der Waals surface area contributed by atoms with Crippen LogP contribution < -0.4 is 5.32 Å². The van der Waals surface area contributed by atoms with Crippen LogP contribution in [0.2, 0.25) is 10.0 Å². The van der Waals surface area contributed by atoms with Gasteiger partial charge < -0.3 is 10.2 Å². The zero-order chi connectivity index (χ0) is 13.7. The zero-order valence-electron chi connectivity index (χ0n) is 11.5. The summed E-state index contributed by atoms with van der Waals surface area (Å²) >= 11 is 12.0. The standard InChI is InChI=1S/C14H22Cl2N2/c1-5-14(17-9-10(2)18(3)4)11-6-7-12(15)13(16)8-11/h6-8,10,14,17H,5,9H2,1-4H3. The van der Waals surface area contributed by atoms with Gasteiger partial charge in [0.25, 0.3) is 0 Å². The Morgan fingerprint density at radius 2 is 1.89 bits per heavy atom. The van der Waals surface area contributed by atoms with Crippen LogP contribution in [0.5, 0.6) is 0 Å². The normalized spacial score (nSPS) is 14.8. The molecule has 0 radical (unpaired) electrons. The molecule has 0 aliphatic carbocycles. The summed E-state index contributed by atoms with van der Waals surface area (Å²) in [7, 11) is 4.18. The lowest BCUT2D eigenvalue weighted by Gasteiger charge is -2.24. The van der Waals surface area contributed by atoms with Gasteiger partial charge >= 0.3 is 0 Å². The monoisotopic (exact) mass is 288 g/mol. The van der Waals surface area contributed by atoms with E-state index in [1.54, 1.807) is 0 Å². The van der Waals surface area contributed by atoms with Gasteiger partial charge in [0.05, 0.1) is 10.0 Å². The average Bonchev–Trinajstić information content (AvgIpc) is 2.33. The maximum atomic E-state index is 6.06. The third-order valence-corrected chi connectivity index (χ3v) is 4.03. The molecule has 2 nitrogen and oxygen atoms in total. The molecule has 0 aromatic heterocycles. The number of rotatable bonds is 6. The van der Waals surface area contributed by atoms with Crippen molar-refractivity contribution in [2.45, 2.75) is 32.4 Å². The summed E-state index contributed by atoms with van der Waals surface area (Å²) in [5, 5.41) is 4.80. The first-order valence-electron chi connectivity index (χ1n) is 6.30. The van der Waals surface area contributed by atoms with Crippen molar-refractivity contribution in [2.24, 2.45) is 0 Å². The van der Waals surface area contributed by atoms with Gasteiger partial charge in [-0.05, 0) is 45.1 Å². The topological polar surface area (TPSA) is 15.3 Å². The third kappa shape index (κ3) is 4.43. The number of likely N-dealkylation sites (N-methyl/N-ethyl adjacent to an activating group) is 1. The Morgan fingerprint density at radius 3 is 2.39 bits per heavy atom. The molecule has 4 heteroatoms. The van der Waals surface area contributed by atoms with E-state index in [-0.39, 0.29) is 0 Å². The van der Waals surface area contributed by atoms with Gasteiger partial charge in [-0.1, -0.05) is 36.2 Å². The summed E-state index contributed by atoms with van der Waals surface area (Å²) in [4.78, 5) is 2.20. The average molecular weight is 289 g/mol. The summed E-state index contributed by atoms with van der Waals surface area (Å²) < 4.78 is 0. The highest BCUT2D eigenvalue weighted by atomic mass is 35.5. The molecular weight excluding hydrogens is 267 g/mol. The van der Waals surface area contributed by atoms with Crippen LogP contribution in [0.25, 0.3) is 0 Å². The molecule has 0 bridgehead atoms. The minimum Gasteiger partial charge on any atom is -0.308 e. The van der Waals surface area contributed by atoms with Crippen LogP contribution >= 0.6 is 23.2 Å². The molecule has 2 unspecified atom stereocenters. The van der Waals surface area contributed by atoms with E-state index in [1.165, 1.54) is 5.56 Å². The summed E-state index contributed by atoms with van der Waals surface area (Å²) in [6.45, 7) is 5.32. The number of nitrogens with one attached hydrogen (secondary N) is 1. The minimum absolute atomic E-state index is 0.321. The molecule has 0 aliphatic heterocycles. The number of benzene rings is 1. The van der Waals surface area contributed by atoms with Crippen LogP contribution in [0.15, 0.2) is 18.2 Å². The van der Waals surface area contributed by atoms with Crippen LogP contribution in [0, 0.1) is 0 Å². The molecule has 102 valence electrons. The number of halogens is 2. The van der Waals surface area contributed by atoms with Gasteiger partial charge in [0.2, 0.25) is 0 Å². The fourth-order valence-corrected chi connectivity index (χ4v) is 2.03. The first-order valence-corrected chi connectivity index (χ1v) is 7.06. The first-order chi connectivity index (χ1) is 8.45. The van der Waals surface area contributed by atoms with Crippen LogP contribution in [-0.2, 0) is 0 Å². The smallest absolute Gasteiger partial charge is 0.0595 e. The Labute approximate surface area is 120 Å². The van der Waals surface area contributed by atoms with Gasteiger partial charge in [0.15, 0.2) is 0 Å². The zero-order valence-corrected chi connectivity index (χ0v) is 13.0. The first kappa shape index (κ1) is 15.8. The second-order valence-corrected chi connectivity index (χ2v) is 5.67. The summed E-state index contributed by atoms with van der Waals surface area (Å²) in [5.41, 5.74) is 1.19. The van der Waals surface area contributed by atoms with Gasteiger partial charge in [-0.3, -0.25) is 0 Å². The van der Waals surface area contributed by atoms with Crippen molar-refractivity contribution in [2.75, 3.05) is 20.6 Å². The van der Waals surface area contributed by atoms with Crippen molar-refractivity contribution in [3.05, 3.63) is 33.8 Å². The highest BCUT2D eigenvalue weighted by Gasteiger charge is 2.12. The van der Waals surface area contributed by atoms with Crippen molar-refractivity contribution in [3.8, 4) is 0 Å². The number of hydrogen-bond acceptors (Lipinski definition) is 2. The Bertz CT molecular complexity index is 380. The Balaban J connectivity index is 2.68. The minimum atomic E-state index is 0.321. The van der Waals surface area contributed by atoms with E-state index in [1.807, 2.05) is 18.2 Å². The van der Waals surface area contributed by atoms with Crippen molar-refractivity contribution < 1.29 is 0 Å². The lowest BCUT2D eigenvalue weighted by atomic mass is 10.0. The van der Waals surface area contributed by atoms with Gasteiger partial charge in [-0.25, -0.2) is 0 Å². The lowest BCUT2D eigenvalue weighted by Crippen LogP contribution is -2.37. The van der Waals surface area contributed by atoms with Gasteiger partial charge in [0.1, 0.15) is 0 Å². The summed E-state index contributed by atoms with van der Waals surface area (Å²) in [5.74, 6) is 0. The lowest BCUT2D eigenvalue weighted by molar-refractivity contribution is 0.292. The quantitative estimate of drug-likeness (QED) is 0.852. The van der Waals surface area contributed by atoms with Crippen LogP contribution in [-0.4, -0.2) is 31.6 Å². The molecule has 0 saturated heterocycles. The van der Waals surface area contributed by atoms with E-state index in [0.29, 0.717) is 22.1 Å². The predicted octanol–water partition coefficient (Wildman–Crippen LogP) is 3.98. The van der Waals surface area contributed by atoms with Gasteiger partial charge in [0, 0.05) is 18.6 Å². The van der Waals surface area contributed by atoms with E-state index in [0.717, 1.165) is 13.0 Å². The SMILES string of the molecule is CCC(NCC(C)N(C)C)c1ccc(Cl)c(Cl)c1. The third-order valence-electron chi connectivity index (χ3n) is 3.30. The van der Waals surface area contributed by atoms with E-state index in [4.69, 9.17) is 23.2 Å². The van der Waals surface area contributed by atoms with E-state index in [9.17, 15) is 0 Å². The molecule has 18 heavy (non-hydrogen) atoms. The molecule has 0 aliphatic rings.